The van der Waals surface area contributed by atoms with Crippen molar-refractivity contribution in [2.45, 2.75) is 0 Å². The fraction of sp³-hybridized carbons (Fsp3) is 0.556. The molecule has 2 N–H and O–H groups in total. The molecule has 1 aliphatic rings. The Kier molecular flexibility index (Phi) is 3.43. The van der Waals surface area contributed by atoms with E-state index in [4.69, 9.17) is 0 Å². The summed E-state index contributed by atoms with van der Waals surface area (Å²) in [7, 11) is -3.29. The van der Waals surface area contributed by atoms with Gasteiger partial charge >= 0.3 is 0 Å². The van der Waals surface area contributed by atoms with Gasteiger partial charge < -0.3 is 10.2 Å². The van der Waals surface area contributed by atoms with Gasteiger partial charge in [0.05, 0.1) is 6.26 Å². The van der Waals surface area contributed by atoms with Gasteiger partial charge in [0, 0.05) is 26.2 Å². The van der Waals surface area contributed by atoms with E-state index >= 15 is 0 Å². The molecule has 0 saturated carbocycles. The maximum absolute atomic E-state index is 11.0. The molecule has 1 aliphatic heterocycles. The van der Waals surface area contributed by atoms with Crippen LogP contribution in [0.5, 0.6) is 0 Å². The second-order valence-corrected chi connectivity index (χ2v) is 5.64. The zero-order valence-electron chi connectivity index (χ0n) is 9.55. The van der Waals surface area contributed by atoms with Crippen LogP contribution in [0.3, 0.4) is 0 Å². The van der Waals surface area contributed by atoms with Crippen LogP contribution in [0, 0.1) is 0 Å². The predicted octanol–water partition coefficient (Wildman–Crippen LogP) is -0.742. The predicted molar refractivity (Wildman–Crippen MR) is 65.6 cm³/mol. The molecule has 0 bridgehead atoms. The lowest BCUT2D eigenvalue weighted by Crippen LogP contribution is -2.43. The Morgan fingerprint density at radius 1 is 1.29 bits per heavy atom. The highest BCUT2D eigenvalue weighted by molar-refractivity contribution is 7.92. The molecule has 0 unspecified atom stereocenters. The van der Waals surface area contributed by atoms with E-state index in [0.29, 0.717) is 0 Å². The summed E-state index contributed by atoms with van der Waals surface area (Å²) >= 11 is 0. The van der Waals surface area contributed by atoms with Crippen molar-refractivity contribution in [3.8, 4) is 0 Å². The molecule has 2 heterocycles. The van der Waals surface area contributed by atoms with Gasteiger partial charge in [0.1, 0.15) is 0 Å². The lowest BCUT2D eigenvalue weighted by molar-refractivity contribution is 0.583. The number of hydrogen-bond acceptors (Lipinski definition) is 6. The highest BCUT2D eigenvalue weighted by atomic mass is 32.2. The van der Waals surface area contributed by atoms with Crippen molar-refractivity contribution in [3.63, 3.8) is 0 Å². The van der Waals surface area contributed by atoms with E-state index in [-0.39, 0.29) is 5.82 Å². The highest BCUT2D eigenvalue weighted by Gasteiger charge is 2.12. The summed E-state index contributed by atoms with van der Waals surface area (Å²) in [5.41, 5.74) is 0. The van der Waals surface area contributed by atoms with Gasteiger partial charge in [-0.15, -0.1) is 10.2 Å². The molecular weight excluding hydrogens is 242 g/mol. The number of sulfonamides is 1. The Balaban J connectivity index is 2.07. The molecule has 1 fully saturated rings. The molecule has 1 aromatic rings. The number of aromatic nitrogens is 2. The first kappa shape index (κ1) is 12.1. The van der Waals surface area contributed by atoms with Crippen molar-refractivity contribution in [2.24, 2.45) is 0 Å². The monoisotopic (exact) mass is 257 g/mol. The number of nitrogens with one attached hydrogen (secondary N) is 2. The molecule has 8 heteroatoms. The molecule has 0 radical (unpaired) electrons. The third kappa shape index (κ3) is 3.53. The Hall–Kier alpha value is -1.41. The number of hydrogen-bond donors (Lipinski definition) is 2. The normalized spacial score (nSPS) is 16.9. The number of anilines is 2. The van der Waals surface area contributed by atoms with E-state index < -0.39 is 10.0 Å². The molecule has 0 atom stereocenters. The van der Waals surface area contributed by atoms with Gasteiger partial charge in [0.15, 0.2) is 11.6 Å². The van der Waals surface area contributed by atoms with Crippen LogP contribution in [0.2, 0.25) is 0 Å². The van der Waals surface area contributed by atoms with Crippen molar-refractivity contribution in [3.05, 3.63) is 12.1 Å². The number of nitrogens with zero attached hydrogens (tertiary/aromatic N) is 3. The molecular formula is C9H15N5O2S. The minimum Gasteiger partial charge on any atom is -0.353 e. The van der Waals surface area contributed by atoms with E-state index in [2.05, 4.69) is 25.1 Å². The van der Waals surface area contributed by atoms with Crippen molar-refractivity contribution in [1.29, 1.82) is 0 Å². The summed E-state index contributed by atoms with van der Waals surface area (Å²) in [6.07, 6.45) is 1.08. The average molecular weight is 257 g/mol. The second-order valence-electron chi connectivity index (χ2n) is 3.89. The minimum atomic E-state index is -3.29. The average Bonchev–Trinajstić information content (AvgIpc) is 2.29. The zero-order valence-corrected chi connectivity index (χ0v) is 10.4. The van der Waals surface area contributed by atoms with E-state index in [1.54, 1.807) is 12.1 Å². The summed E-state index contributed by atoms with van der Waals surface area (Å²) in [6.45, 7) is 3.61. The minimum absolute atomic E-state index is 0.242. The van der Waals surface area contributed by atoms with E-state index in [9.17, 15) is 8.42 Å². The first-order chi connectivity index (χ1) is 8.04. The maximum Gasteiger partial charge on any atom is 0.231 e. The topological polar surface area (TPSA) is 87.2 Å². The fourth-order valence-corrected chi connectivity index (χ4v) is 2.12. The van der Waals surface area contributed by atoms with E-state index in [1.165, 1.54) is 0 Å². The van der Waals surface area contributed by atoms with Crippen molar-refractivity contribution in [2.75, 3.05) is 42.1 Å². The quantitative estimate of drug-likeness (QED) is 0.741. The van der Waals surface area contributed by atoms with E-state index in [0.717, 1.165) is 38.3 Å². The van der Waals surface area contributed by atoms with E-state index in [1.807, 2.05) is 0 Å². The Morgan fingerprint density at radius 3 is 2.53 bits per heavy atom. The van der Waals surface area contributed by atoms with Gasteiger partial charge in [-0.1, -0.05) is 0 Å². The summed E-state index contributed by atoms with van der Waals surface area (Å²) in [5, 5.41) is 11.1. The molecule has 1 saturated heterocycles. The second kappa shape index (κ2) is 4.84. The summed E-state index contributed by atoms with van der Waals surface area (Å²) in [4.78, 5) is 2.10. The number of rotatable bonds is 3. The fourth-order valence-electron chi connectivity index (χ4n) is 1.63. The zero-order chi connectivity index (χ0) is 12.3. The molecule has 0 aromatic carbocycles. The van der Waals surface area contributed by atoms with Crippen LogP contribution in [0.15, 0.2) is 12.1 Å². The van der Waals surface area contributed by atoms with Crippen LogP contribution in [-0.4, -0.2) is 51.0 Å². The van der Waals surface area contributed by atoms with Gasteiger partial charge in [-0.3, -0.25) is 4.72 Å². The molecule has 1 aromatic heterocycles. The molecule has 0 aliphatic carbocycles. The Morgan fingerprint density at radius 2 is 2.00 bits per heavy atom. The van der Waals surface area contributed by atoms with Crippen LogP contribution in [0.1, 0.15) is 0 Å². The lowest BCUT2D eigenvalue weighted by atomic mass is 10.3. The lowest BCUT2D eigenvalue weighted by Gasteiger charge is -2.27. The first-order valence-electron chi connectivity index (χ1n) is 5.32. The van der Waals surface area contributed by atoms with Crippen LogP contribution < -0.4 is 14.9 Å². The standard InChI is InChI=1S/C9H15N5O2S/c1-17(15,16)13-8-2-3-9(12-11-8)14-6-4-10-5-7-14/h2-3,10H,4-7H2,1H3,(H,11,13). The summed E-state index contributed by atoms with van der Waals surface area (Å²) in [5.74, 6) is 1.01. The van der Waals surface area contributed by atoms with Gasteiger partial charge in [-0.05, 0) is 12.1 Å². The van der Waals surface area contributed by atoms with Gasteiger partial charge in [0.2, 0.25) is 10.0 Å². The third-order valence-electron chi connectivity index (χ3n) is 2.38. The Labute approximate surface area is 100 Å². The molecule has 2 rings (SSSR count). The van der Waals surface area contributed by atoms with Crippen LogP contribution >= 0.6 is 0 Å². The van der Waals surface area contributed by atoms with Crippen LogP contribution in [-0.2, 0) is 10.0 Å². The maximum atomic E-state index is 11.0. The van der Waals surface area contributed by atoms with Crippen molar-refractivity contribution < 1.29 is 8.42 Å². The van der Waals surface area contributed by atoms with Crippen LogP contribution in [0.4, 0.5) is 11.6 Å². The molecule has 0 amide bonds. The van der Waals surface area contributed by atoms with Gasteiger partial charge in [-0.25, -0.2) is 8.42 Å². The van der Waals surface area contributed by atoms with Crippen LogP contribution in [0.25, 0.3) is 0 Å². The van der Waals surface area contributed by atoms with Gasteiger partial charge in [-0.2, -0.15) is 0 Å². The first-order valence-corrected chi connectivity index (χ1v) is 7.21. The van der Waals surface area contributed by atoms with Crippen molar-refractivity contribution >= 4 is 21.7 Å². The van der Waals surface area contributed by atoms with Gasteiger partial charge in [0.25, 0.3) is 0 Å². The smallest absolute Gasteiger partial charge is 0.231 e. The largest absolute Gasteiger partial charge is 0.353 e. The SMILES string of the molecule is CS(=O)(=O)Nc1ccc(N2CCNCC2)nn1. The highest BCUT2D eigenvalue weighted by Crippen LogP contribution is 2.12. The molecule has 7 nitrogen and oxygen atoms in total. The summed E-state index contributed by atoms with van der Waals surface area (Å²) in [6, 6.07) is 3.39. The Bertz CT molecular complexity index is 467. The molecule has 0 spiro atoms. The number of piperazine rings is 1. The molecule has 17 heavy (non-hydrogen) atoms. The third-order valence-corrected chi connectivity index (χ3v) is 2.96. The summed E-state index contributed by atoms with van der Waals surface area (Å²) < 4.78 is 24.3. The molecule has 94 valence electrons. The van der Waals surface area contributed by atoms with Crippen molar-refractivity contribution in [1.82, 2.24) is 15.5 Å².